The largest absolute Gasteiger partial charge is 0.338 e. The Kier molecular flexibility index (Phi) is 6.00. The van der Waals surface area contributed by atoms with Gasteiger partial charge in [0.05, 0.1) is 16.7 Å². The highest BCUT2D eigenvalue weighted by Crippen LogP contribution is 2.30. The molecule has 5 heteroatoms. The van der Waals surface area contributed by atoms with Gasteiger partial charge in [0, 0.05) is 30.1 Å². The number of likely N-dealkylation sites (tertiary alicyclic amines) is 1. The van der Waals surface area contributed by atoms with Gasteiger partial charge in [-0.25, -0.2) is 4.98 Å². The molecule has 1 fully saturated rings. The van der Waals surface area contributed by atoms with Crippen LogP contribution in [-0.4, -0.2) is 45.4 Å². The number of aryl methyl sites for hydroxylation is 2. The van der Waals surface area contributed by atoms with Crippen LogP contribution in [0.2, 0.25) is 0 Å². The van der Waals surface area contributed by atoms with Crippen LogP contribution in [0.1, 0.15) is 36.5 Å². The first-order chi connectivity index (χ1) is 14.6. The van der Waals surface area contributed by atoms with Gasteiger partial charge in [-0.05, 0) is 70.2 Å². The van der Waals surface area contributed by atoms with Crippen molar-refractivity contribution in [2.24, 2.45) is 7.05 Å². The number of carbonyl (C=O) groups is 1. The van der Waals surface area contributed by atoms with E-state index in [1.165, 1.54) is 43.3 Å². The molecule has 156 valence electrons. The number of para-hydroxylation sites is 1. The number of piperidine rings is 1. The third-order valence-electron chi connectivity index (χ3n) is 5.98. The Morgan fingerprint density at radius 3 is 2.40 bits per heavy atom. The molecule has 0 saturated carbocycles. The third kappa shape index (κ3) is 3.90. The summed E-state index contributed by atoms with van der Waals surface area (Å²) in [4.78, 5) is 18.2. The van der Waals surface area contributed by atoms with Crippen LogP contribution >= 0.6 is 0 Å². The highest BCUT2D eigenvalue weighted by molar-refractivity contribution is 5.90. The summed E-state index contributed by atoms with van der Waals surface area (Å²) >= 11 is 0. The number of imidazole rings is 1. The van der Waals surface area contributed by atoms with Crippen LogP contribution < -0.4 is 0 Å². The van der Waals surface area contributed by atoms with Crippen LogP contribution in [0.4, 0.5) is 0 Å². The molecule has 0 spiro atoms. The van der Waals surface area contributed by atoms with Crippen LogP contribution in [0.25, 0.3) is 33.5 Å². The number of nitrogens with zero attached hydrogens (tertiary/aromatic N) is 4. The number of benzene rings is 2. The highest BCUT2D eigenvalue weighted by Gasteiger charge is 2.16. The summed E-state index contributed by atoms with van der Waals surface area (Å²) in [6.45, 7) is 5.66. The van der Waals surface area contributed by atoms with Crippen molar-refractivity contribution in [3.8, 4) is 11.5 Å². The molecular weight excluding hydrogens is 372 g/mol. The van der Waals surface area contributed by atoms with E-state index in [4.69, 9.17) is 4.98 Å². The van der Waals surface area contributed by atoms with E-state index in [9.17, 15) is 4.79 Å². The Balaban J connectivity index is 0.000000265. The summed E-state index contributed by atoms with van der Waals surface area (Å²) in [5, 5.41) is 1.21. The number of hydrogen-bond donors (Lipinski definition) is 0. The van der Waals surface area contributed by atoms with E-state index in [0.29, 0.717) is 5.56 Å². The second-order valence-corrected chi connectivity index (χ2v) is 8.06. The van der Waals surface area contributed by atoms with Gasteiger partial charge in [0.15, 0.2) is 5.82 Å². The number of carbonyl (C=O) groups excluding carboxylic acids is 1. The van der Waals surface area contributed by atoms with Crippen molar-refractivity contribution in [2.75, 3.05) is 20.1 Å². The lowest BCUT2D eigenvalue weighted by molar-refractivity contribution is 0.112. The summed E-state index contributed by atoms with van der Waals surface area (Å²) in [5.41, 5.74) is 4.84. The zero-order chi connectivity index (χ0) is 21.1. The van der Waals surface area contributed by atoms with E-state index in [-0.39, 0.29) is 0 Å². The molecular formula is C25H30N4O. The maximum Gasteiger partial charge on any atom is 0.157 e. The number of aromatic nitrogens is 3. The molecule has 3 heterocycles. The minimum atomic E-state index is 0.651. The molecule has 30 heavy (non-hydrogen) atoms. The van der Waals surface area contributed by atoms with Crippen molar-refractivity contribution in [2.45, 2.75) is 32.7 Å². The third-order valence-corrected chi connectivity index (χ3v) is 5.98. The first kappa shape index (κ1) is 20.4. The Morgan fingerprint density at radius 1 is 0.967 bits per heavy atom. The Labute approximate surface area is 177 Å². The molecule has 5 rings (SSSR count). The standard InChI is InChI=1S/C19H17N3O.C6H13N/c1-3-22-16-7-5-4-6-14(16)11-18(22)19-20-15-10-13(12-23)8-9-17(15)21(19)2;1-7-5-3-2-4-6-7/h4-12H,3H2,1-2H3;2-6H2,1H3. The monoisotopic (exact) mass is 402 g/mol. The zero-order valence-corrected chi connectivity index (χ0v) is 18.1. The number of fused-ring (bicyclic) bond motifs is 2. The molecule has 0 unspecified atom stereocenters. The molecule has 2 aromatic heterocycles. The quantitative estimate of drug-likeness (QED) is 0.446. The predicted octanol–water partition coefficient (Wildman–Crippen LogP) is 5.13. The van der Waals surface area contributed by atoms with E-state index in [1.54, 1.807) is 0 Å². The minimum absolute atomic E-state index is 0.651. The average molecular weight is 403 g/mol. The minimum Gasteiger partial charge on any atom is -0.338 e. The molecule has 0 atom stereocenters. The molecule has 1 saturated heterocycles. The highest BCUT2D eigenvalue weighted by atomic mass is 16.1. The van der Waals surface area contributed by atoms with E-state index >= 15 is 0 Å². The number of hydrogen-bond acceptors (Lipinski definition) is 3. The molecule has 0 aliphatic carbocycles. The smallest absolute Gasteiger partial charge is 0.157 e. The SMILES string of the molecule is CCn1c(-c2nc3cc(C=O)ccc3n2C)cc2ccccc21.CN1CCCCC1. The Morgan fingerprint density at radius 2 is 1.73 bits per heavy atom. The summed E-state index contributed by atoms with van der Waals surface area (Å²) in [6, 6.07) is 16.2. The van der Waals surface area contributed by atoms with Gasteiger partial charge in [-0.2, -0.15) is 0 Å². The number of rotatable bonds is 3. The lowest BCUT2D eigenvalue weighted by atomic mass is 10.1. The van der Waals surface area contributed by atoms with Gasteiger partial charge in [0.1, 0.15) is 6.29 Å². The molecule has 2 aromatic carbocycles. The zero-order valence-electron chi connectivity index (χ0n) is 18.1. The fourth-order valence-electron chi connectivity index (χ4n) is 4.31. The predicted molar refractivity (Wildman–Crippen MR) is 124 cm³/mol. The average Bonchev–Trinajstić information content (AvgIpc) is 3.31. The summed E-state index contributed by atoms with van der Waals surface area (Å²) < 4.78 is 4.36. The van der Waals surface area contributed by atoms with E-state index in [1.807, 2.05) is 25.2 Å². The maximum atomic E-state index is 11.0. The van der Waals surface area contributed by atoms with Gasteiger partial charge in [0.25, 0.3) is 0 Å². The van der Waals surface area contributed by atoms with E-state index in [2.05, 4.69) is 58.3 Å². The normalized spacial score (nSPS) is 14.6. The molecule has 1 aliphatic rings. The van der Waals surface area contributed by atoms with Crippen molar-refractivity contribution in [1.82, 2.24) is 19.0 Å². The van der Waals surface area contributed by atoms with Crippen molar-refractivity contribution >= 4 is 28.2 Å². The first-order valence-electron chi connectivity index (χ1n) is 10.8. The van der Waals surface area contributed by atoms with Gasteiger partial charge in [0.2, 0.25) is 0 Å². The molecule has 4 aromatic rings. The van der Waals surface area contributed by atoms with E-state index in [0.717, 1.165) is 35.4 Å². The van der Waals surface area contributed by atoms with Gasteiger partial charge in [-0.15, -0.1) is 0 Å². The summed E-state index contributed by atoms with van der Waals surface area (Å²) in [5.74, 6) is 0.918. The topological polar surface area (TPSA) is 43.1 Å². The van der Waals surface area contributed by atoms with Gasteiger partial charge >= 0.3 is 0 Å². The first-order valence-corrected chi connectivity index (χ1v) is 10.8. The van der Waals surface area contributed by atoms with Crippen LogP contribution in [0, 0.1) is 0 Å². The van der Waals surface area contributed by atoms with Crippen molar-refractivity contribution in [3.05, 3.63) is 54.1 Å². The van der Waals surface area contributed by atoms with Gasteiger partial charge in [-0.3, -0.25) is 4.79 Å². The van der Waals surface area contributed by atoms with Crippen LogP contribution in [-0.2, 0) is 13.6 Å². The Hall–Kier alpha value is -2.92. The van der Waals surface area contributed by atoms with E-state index < -0.39 is 0 Å². The second kappa shape index (κ2) is 8.84. The molecule has 0 amide bonds. The molecule has 0 bridgehead atoms. The van der Waals surface area contributed by atoms with Gasteiger partial charge in [-0.1, -0.05) is 24.6 Å². The van der Waals surface area contributed by atoms with Crippen LogP contribution in [0.3, 0.4) is 0 Å². The summed E-state index contributed by atoms with van der Waals surface area (Å²) in [6.07, 6.45) is 5.13. The second-order valence-electron chi connectivity index (χ2n) is 8.06. The van der Waals surface area contributed by atoms with Crippen LogP contribution in [0.15, 0.2) is 48.5 Å². The van der Waals surface area contributed by atoms with Crippen molar-refractivity contribution in [3.63, 3.8) is 0 Å². The maximum absolute atomic E-state index is 11.0. The van der Waals surface area contributed by atoms with Crippen molar-refractivity contribution < 1.29 is 4.79 Å². The lowest BCUT2D eigenvalue weighted by Crippen LogP contribution is -2.24. The number of aldehydes is 1. The summed E-state index contributed by atoms with van der Waals surface area (Å²) in [7, 11) is 4.21. The van der Waals surface area contributed by atoms with Crippen molar-refractivity contribution in [1.29, 1.82) is 0 Å². The van der Waals surface area contributed by atoms with Crippen LogP contribution in [0.5, 0.6) is 0 Å². The molecule has 1 aliphatic heterocycles. The molecule has 0 N–H and O–H groups in total. The fraction of sp³-hybridized carbons (Fsp3) is 0.360. The fourth-order valence-corrected chi connectivity index (χ4v) is 4.31. The van der Waals surface area contributed by atoms with Gasteiger partial charge < -0.3 is 14.0 Å². The molecule has 5 nitrogen and oxygen atoms in total. The molecule has 0 radical (unpaired) electrons. The Bertz CT molecular complexity index is 1160. The lowest BCUT2D eigenvalue weighted by Gasteiger charge is -2.20.